The van der Waals surface area contributed by atoms with Gasteiger partial charge in [0.2, 0.25) is 5.91 Å². The van der Waals surface area contributed by atoms with Crippen LogP contribution >= 0.6 is 0 Å². The fourth-order valence-electron chi connectivity index (χ4n) is 4.23. The maximum Gasteiger partial charge on any atom is 0.407 e. The average Bonchev–Trinajstić information content (AvgIpc) is 3.12. The quantitative estimate of drug-likeness (QED) is 0.535. The number of hydrogen-bond acceptors (Lipinski definition) is 4. The lowest BCUT2D eigenvalue weighted by Gasteiger charge is -2.31. The number of amides is 2. The highest BCUT2D eigenvalue weighted by molar-refractivity contribution is 5.88. The van der Waals surface area contributed by atoms with Gasteiger partial charge in [-0.2, -0.15) is 13.2 Å². The summed E-state index contributed by atoms with van der Waals surface area (Å²) in [6.45, 7) is 2.27. The van der Waals surface area contributed by atoms with E-state index in [9.17, 15) is 27.6 Å². The minimum atomic E-state index is -4.78. The van der Waals surface area contributed by atoms with Gasteiger partial charge in [-0.25, -0.2) is 4.79 Å². The van der Waals surface area contributed by atoms with Crippen molar-refractivity contribution < 1.29 is 37.4 Å². The van der Waals surface area contributed by atoms with Crippen molar-refractivity contribution in [3.63, 3.8) is 0 Å². The molecule has 2 aromatic rings. The van der Waals surface area contributed by atoms with Gasteiger partial charge in [-0.05, 0) is 35.6 Å². The van der Waals surface area contributed by atoms with Crippen LogP contribution in [0.1, 0.15) is 43.7 Å². The molecule has 2 N–H and O–H groups in total. The van der Waals surface area contributed by atoms with Gasteiger partial charge < -0.3 is 20.1 Å². The number of alkyl halides is 3. The molecule has 0 saturated heterocycles. The second-order valence-corrected chi connectivity index (χ2v) is 8.46. The second-order valence-electron chi connectivity index (χ2n) is 8.46. The number of hydrogen-bond donors (Lipinski definition) is 2. The zero-order valence-electron chi connectivity index (χ0n) is 19.3. The molecular weight excluding hydrogens is 465 g/mol. The third-order valence-electron chi connectivity index (χ3n) is 6.08. The van der Waals surface area contributed by atoms with E-state index in [4.69, 9.17) is 9.84 Å². The van der Waals surface area contributed by atoms with Gasteiger partial charge in [0.15, 0.2) is 0 Å². The third kappa shape index (κ3) is 6.32. The molecule has 188 valence electrons. The molecule has 0 bridgehead atoms. The molecule has 1 aliphatic rings. The summed E-state index contributed by atoms with van der Waals surface area (Å²) < 4.78 is 44.9. The Balaban J connectivity index is 1.75. The number of carboxylic acids is 1. The van der Waals surface area contributed by atoms with E-state index < -0.39 is 49.2 Å². The zero-order chi connectivity index (χ0) is 25.8. The summed E-state index contributed by atoms with van der Waals surface area (Å²) in [5.74, 6) is -2.81. The highest BCUT2D eigenvalue weighted by atomic mass is 19.4. The predicted octanol–water partition coefficient (Wildman–Crippen LogP) is 4.56. The molecule has 0 spiro atoms. The normalized spacial score (nSPS) is 14.4. The van der Waals surface area contributed by atoms with Crippen LogP contribution in [0.4, 0.5) is 18.0 Å². The molecule has 10 heteroatoms. The molecule has 0 heterocycles. The minimum absolute atomic E-state index is 0.142. The van der Waals surface area contributed by atoms with Crippen LogP contribution in [0.25, 0.3) is 11.1 Å². The number of ether oxygens (including phenoxy) is 1. The van der Waals surface area contributed by atoms with Crippen molar-refractivity contribution in [3.05, 3.63) is 59.7 Å². The molecule has 2 unspecified atom stereocenters. The number of carbonyl (C=O) groups excluding carboxylic acids is 2. The summed E-state index contributed by atoms with van der Waals surface area (Å²) in [7, 11) is 0. The SMILES string of the molecule is CCC(C)N(CC(=O)O)C(=O)C(CC(F)(F)F)NC(=O)OCC1c2ccccc2-c2ccccc21. The third-order valence-corrected chi connectivity index (χ3v) is 6.08. The fraction of sp³-hybridized carbons (Fsp3) is 0.400. The van der Waals surface area contributed by atoms with Gasteiger partial charge in [0.1, 0.15) is 19.2 Å². The summed E-state index contributed by atoms with van der Waals surface area (Å²) in [5, 5.41) is 11.1. The molecule has 0 aromatic heterocycles. The Morgan fingerprint density at radius 2 is 1.60 bits per heavy atom. The molecular formula is C25H27F3N2O5. The Kier molecular flexibility index (Phi) is 8.03. The first-order valence-corrected chi connectivity index (χ1v) is 11.2. The van der Waals surface area contributed by atoms with Crippen LogP contribution in [-0.4, -0.2) is 59.4 Å². The van der Waals surface area contributed by atoms with Crippen molar-refractivity contribution in [2.75, 3.05) is 13.2 Å². The van der Waals surface area contributed by atoms with Crippen molar-refractivity contribution >= 4 is 18.0 Å². The van der Waals surface area contributed by atoms with Gasteiger partial charge in [-0.15, -0.1) is 0 Å². The number of nitrogens with zero attached hydrogens (tertiary/aromatic N) is 1. The largest absolute Gasteiger partial charge is 0.480 e. The van der Waals surface area contributed by atoms with E-state index in [1.165, 1.54) is 6.92 Å². The number of benzene rings is 2. The van der Waals surface area contributed by atoms with Crippen molar-refractivity contribution in [2.24, 2.45) is 0 Å². The molecule has 2 amide bonds. The van der Waals surface area contributed by atoms with E-state index in [-0.39, 0.29) is 12.5 Å². The highest BCUT2D eigenvalue weighted by Gasteiger charge is 2.40. The van der Waals surface area contributed by atoms with Crippen LogP contribution in [0.5, 0.6) is 0 Å². The summed E-state index contributed by atoms with van der Waals surface area (Å²) in [5.41, 5.74) is 3.82. The molecule has 0 saturated carbocycles. The standard InChI is InChI=1S/C25H27F3N2O5/c1-3-15(2)30(13-22(31)32)23(33)21(12-25(26,27)28)29-24(34)35-14-20-18-10-6-4-8-16(18)17-9-5-7-11-19(17)20/h4-11,15,20-21H,3,12-14H2,1-2H3,(H,29,34)(H,31,32). The van der Waals surface area contributed by atoms with Gasteiger partial charge in [0.25, 0.3) is 0 Å². The van der Waals surface area contributed by atoms with Crippen LogP contribution in [-0.2, 0) is 14.3 Å². The molecule has 3 rings (SSSR count). The van der Waals surface area contributed by atoms with Crippen molar-refractivity contribution in [2.45, 2.75) is 50.9 Å². The Morgan fingerprint density at radius 1 is 1.06 bits per heavy atom. The summed E-state index contributed by atoms with van der Waals surface area (Å²) in [6.07, 6.45) is -7.29. The predicted molar refractivity (Wildman–Crippen MR) is 122 cm³/mol. The lowest BCUT2D eigenvalue weighted by molar-refractivity contribution is -0.157. The van der Waals surface area contributed by atoms with Gasteiger partial charge in [0, 0.05) is 12.0 Å². The first-order valence-electron chi connectivity index (χ1n) is 11.2. The van der Waals surface area contributed by atoms with E-state index >= 15 is 0 Å². The van der Waals surface area contributed by atoms with Crippen LogP contribution in [0, 0.1) is 0 Å². The molecule has 2 aromatic carbocycles. The lowest BCUT2D eigenvalue weighted by atomic mass is 9.98. The maximum absolute atomic E-state index is 13.2. The van der Waals surface area contributed by atoms with E-state index in [2.05, 4.69) is 0 Å². The first kappa shape index (κ1) is 26.1. The molecule has 0 radical (unpaired) electrons. The Morgan fingerprint density at radius 3 is 2.09 bits per heavy atom. The number of halogens is 3. The van der Waals surface area contributed by atoms with Crippen molar-refractivity contribution in [1.29, 1.82) is 0 Å². The molecule has 35 heavy (non-hydrogen) atoms. The summed E-state index contributed by atoms with van der Waals surface area (Å²) >= 11 is 0. The van der Waals surface area contributed by atoms with Crippen LogP contribution < -0.4 is 5.32 Å². The number of nitrogens with one attached hydrogen (secondary N) is 1. The molecule has 1 aliphatic carbocycles. The Bertz CT molecular complexity index is 1040. The second kappa shape index (κ2) is 10.8. The molecule has 0 aliphatic heterocycles. The average molecular weight is 492 g/mol. The number of rotatable bonds is 9. The molecule has 0 fully saturated rings. The van der Waals surface area contributed by atoms with Gasteiger partial charge in [0.05, 0.1) is 6.42 Å². The monoisotopic (exact) mass is 492 g/mol. The van der Waals surface area contributed by atoms with Crippen LogP contribution in [0.2, 0.25) is 0 Å². The summed E-state index contributed by atoms with van der Waals surface area (Å²) in [4.78, 5) is 37.4. The van der Waals surface area contributed by atoms with E-state index in [1.54, 1.807) is 6.92 Å². The number of carbonyl (C=O) groups is 3. The number of carboxylic acid groups (broad SMARTS) is 1. The van der Waals surface area contributed by atoms with E-state index in [1.807, 2.05) is 53.8 Å². The smallest absolute Gasteiger partial charge is 0.407 e. The lowest BCUT2D eigenvalue weighted by Crippen LogP contribution is -2.54. The first-order chi connectivity index (χ1) is 16.5. The van der Waals surface area contributed by atoms with Gasteiger partial charge in [-0.3, -0.25) is 9.59 Å². The Hall–Kier alpha value is -3.56. The number of fused-ring (bicyclic) bond motifs is 3. The van der Waals surface area contributed by atoms with Crippen molar-refractivity contribution in [1.82, 2.24) is 10.2 Å². The molecule has 2 atom stereocenters. The fourth-order valence-corrected chi connectivity index (χ4v) is 4.23. The maximum atomic E-state index is 13.2. The zero-order valence-corrected chi connectivity index (χ0v) is 19.3. The van der Waals surface area contributed by atoms with Gasteiger partial charge >= 0.3 is 18.2 Å². The van der Waals surface area contributed by atoms with Gasteiger partial charge in [-0.1, -0.05) is 55.5 Å². The molecule has 7 nitrogen and oxygen atoms in total. The van der Waals surface area contributed by atoms with Crippen LogP contribution in [0.15, 0.2) is 48.5 Å². The van der Waals surface area contributed by atoms with Crippen LogP contribution in [0.3, 0.4) is 0 Å². The topological polar surface area (TPSA) is 95.9 Å². The summed E-state index contributed by atoms with van der Waals surface area (Å²) in [6, 6.07) is 12.5. The Labute approximate surface area is 200 Å². The number of aliphatic carboxylic acids is 1. The number of alkyl carbamates (subject to hydrolysis) is 1. The minimum Gasteiger partial charge on any atom is -0.480 e. The van der Waals surface area contributed by atoms with E-state index in [0.717, 1.165) is 27.2 Å². The van der Waals surface area contributed by atoms with Crippen molar-refractivity contribution in [3.8, 4) is 11.1 Å². The highest BCUT2D eigenvalue weighted by Crippen LogP contribution is 2.44. The van der Waals surface area contributed by atoms with E-state index in [0.29, 0.717) is 6.42 Å².